The van der Waals surface area contributed by atoms with Crippen LogP contribution in [0.1, 0.15) is 36.8 Å². The summed E-state index contributed by atoms with van der Waals surface area (Å²) in [5.74, 6) is -0.654. The number of ketones is 1. The number of fused-ring (bicyclic) bond motifs is 1. The van der Waals surface area contributed by atoms with Gasteiger partial charge in [-0.2, -0.15) is 0 Å². The molecule has 2 N–H and O–H groups in total. The minimum Gasteiger partial charge on any atom is -0.308 e. The number of nitrogens with one attached hydrogen (secondary N) is 2. The van der Waals surface area contributed by atoms with E-state index in [4.69, 9.17) is 0 Å². The van der Waals surface area contributed by atoms with Gasteiger partial charge in [-0.15, -0.1) is 0 Å². The monoisotopic (exact) mass is 525 g/mol. The van der Waals surface area contributed by atoms with E-state index in [9.17, 15) is 24.5 Å². The van der Waals surface area contributed by atoms with E-state index >= 15 is 0 Å². The lowest BCUT2D eigenvalue weighted by atomic mass is 9.99. The number of para-hydroxylation sites is 1. The van der Waals surface area contributed by atoms with Crippen LogP contribution in [0.3, 0.4) is 0 Å². The molecule has 3 amide bonds. The number of aliphatic imine (C=N–C) groups is 1. The van der Waals surface area contributed by atoms with Crippen LogP contribution in [-0.4, -0.2) is 41.1 Å². The molecule has 198 valence electrons. The molecule has 2 aliphatic rings. The second-order valence-electron chi connectivity index (χ2n) is 9.54. The number of nitro benzene ring substituents is 1. The summed E-state index contributed by atoms with van der Waals surface area (Å²) in [6, 6.07) is 21.3. The zero-order valence-electron chi connectivity index (χ0n) is 21.1. The number of Topliss-reactive ketones (excluding diaryl/α,β-unsaturated/α-hetero) is 1. The third kappa shape index (κ3) is 5.69. The number of urea groups is 1. The lowest BCUT2D eigenvalue weighted by Crippen LogP contribution is -2.50. The zero-order valence-corrected chi connectivity index (χ0v) is 21.1. The number of nitro groups is 1. The Hall–Kier alpha value is -4.86. The second kappa shape index (κ2) is 11.3. The van der Waals surface area contributed by atoms with Crippen molar-refractivity contribution in [2.24, 2.45) is 10.9 Å². The van der Waals surface area contributed by atoms with E-state index < -0.39 is 23.0 Å². The Bertz CT molecular complexity index is 1450. The highest BCUT2D eigenvalue weighted by molar-refractivity contribution is 6.21. The molecular weight excluding hydrogens is 498 g/mol. The molecule has 1 fully saturated rings. The number of carbonyl (C=O) groups excluding carboxylic acids is 3. The van der Waals surface area contributed by atoms with Gasteiger partial charge in [0, 0.05) is 34.9 Å². The molecule has 1 atom stereocenters. The van der Waals surface area contributed by atoms with Crippen molar-refractivity contribution in [2.45, 2.75) is 31.8 Å². The number of nitrogens with zero attached hydrogens (tertiary/aromatic N) is 3. The average Bonchev–Trinajstić information content (AvgIpc) is 3.46. The van der Waals surface area contributed by atoms with E-state index in [2.05, 4.69) is 15.6 Å². The van der Waals surface area contributed by atoms with Gasteiger partial charge < -0.3 is 15.5 Å². The summed E-state index contributed by atoms with van der Waals surface area (Å²) in [5.41, 5.74) is 2.45. The molecule has 0 spiro atoms. The van der Waals surface area contributed by atoms with Gasteiger partial charge in [0.15, 0.2) is 5.78 Å². The standard InChI is InChI=1S/C29H27N5O5/c35-25(19-9-4-5-10-19)18-33-24-16-7-6-15-23(24)26(20-11-2-1-3-12-20)31-27(28(33)36)32-29(37)30-21-13-8-14-22(17-21)34(38)39/h1-3,6-8,11-17,19,27H,4-5,9-10,18H2,(H2,30,32,37). The molecule has 0 bridgehead atoms. The number of anilines is 2. The number of hydrogen-bond acceptors (Lipinski definition) is 6. The van der Waals surface area contributed by atoms with Crippen LogP contribution in [0.2, 0.25) is 0 Å². The first kappa shape index (κ1) is 25.8. The Morgan fingerprint density at radius 3 is 2.44 bits per heavy atom. The van der Waals surface area contributed by atoms with Crippen molar-refractivity contribution in [2.75, 3.05) is 16.8 Å². The molecule has 1 saturated carbocycles. The smallest absolute Gasteiger partial charge is 0.308 e. The number of hydrogen-bond donors (Lipinski definition) is 2. The zero-order chi connectivity index (χ0) is 27.4. The normalized spacial score (nSPS) is 17.1. The SMILES string of the molecule is O=C(Nc1cccc([N+](=O)[O-])c1)NC1N=C(c2ccccc2)c2ccccc2N(CC(=O)C2CCCC2)C1=O. The molecule has 1 aliphatic heterocycles. The second-order valence-corrected chi connectivity index (χ2v) is 9.54. The number of rotatable bonds is 7. The van der Waals surface area contributed by atoms with Gasteiger partial charge in [-0.3, -0.25) is 19.7 Å². The van der Waals surface area contributed by atoms with Crippen LogP contribution in [0, 0.1) is 16.0 Å². The number of carbonyl (C=O) groups is 3. The molecule has 1 aliphatic carbocycles. The third-order valence-corrected chi connectivity index (χ3v) is 6.96. The predicted molar refractivity (Wildman–Crippen MR) is 147 cm³/mol. The first-order chi connectivity index (χ1) is 18.9. The minimum atomic E-state index is -1.34. The quantitative estimate of drug-likeness (QED) is 0.341. The number of benzene rings is 3. The fourth-order valence-corrected chi connectivity index (χ4v) is 5.03. The van der Waals surface area contributed by atoms with Crippen molar-refractivity contribution < 1.29 is 19.3 Å². The molecule has 10 nitrogen and oxygen atoms in total. The van der Waals surface area contributed by atoms with Gasteiger partial charge in [0.1, 0.15) is 0 Å². The average molecular weight is 526 g/mol. The molecule has 0 saturated heterocycles. The highest BCUT2D eigenvalue weighted by atomic mass is 16.6. The molecule has 1 heterocycles. The summed E-state index contributed by atoms with van der Waals surface area (Å²) in [5, 5.41) is 16.3. The van der Waals surface area contributed by atoms with Crippen molar-refractivity contribution >= 4 is 40.5 Å². The van der Waals surface area contributed by atoms with Gasteiger partial charge >= 0.3 is 6.03 Å². The molecule has 0 aromatic heterocycles. The highest BCUT2D eigenvalue weighted by Gasteiger charge is 2.35. The molecular formula is C29H27N5O5. The van der Waals surface area contributed by atoms with Gasteiger partial charge in [-0.1, -0.05) is 67.4 Å². The summed E-state index contributed by atoms with van der Waals surface area (Å²) in [4.78, 5) is 56.7. The molecule has 1 unspecified atom stereocenters. The van der Waals surface area contributed by atoms with Crippen LogP contribution in [0.4, 0.5) is 21.9 Å². The minimum absolute atomic E-state index is 0.0152. The van der Waals surface area contributed by atoms with Crippen LogP contribution >= 0.6 is 0 Å². The Labute approximate surface area is 224 Å². The van der Waals surface area contributed by atoms with E-state index in [-0.39, 0.29) is 29.6 Å². The third-order valence-electron chi connectivity index (χ3n) is 6.96. The van der Waals surface area contributed by atoms with Crippen molar-refractivity contribution in [1.82, 2.24) is 5.32 Å². The van der Waals surface area contributed by atoms with Gasteiger partial charge in [0.05, 0.1) is 22.9 Å². The number of non-ortho nitro benzene ring substituents is 1. The lowest BCUT2D eigenvalue weighted by Gasteiger charge is -2.26. The fraction of sp³-hybridized carbons (Fsp3) is 0.241. The van der Waals surface area contributed by atoms with Crippen LogP contribution in [-0.2, 0) is 9.59 Å². The topological polar surface area (TPSA) is 134 Å². The maximum absolute atomic E-state index is 13.9. The van der Waals surface area contributed by atoms with Gasteiger partial charge in [-0.25, -0.2) is 9.79 Å². The Balaban J connectivity index is 1.49. The van der Waals surface area contributed by atoms with Crippen LogP contribution < -0.4 is 15.5 Å². The van der Waals surface area contributed by atoms with E-state index in [1.807, 2.05) is 42.5 Å². The lowest BCUT2D eigenvalue weighted by molar-refractivity contribution is -0.384. The summed E-state index contributed by atoms with van der Waals surface area (Å²) in [6.07, 6.45) is 2.25. The Kier molecular flexibility index (Phi) is 7.44. The largest absolute Gasteiger partial charge is 0.321 e. The molecule has 0 radical (unpaired) electrons. The number of amides is 3. The maximum Gasteiger partial charge on any atom is 0.321 e. The first-order valence-electron chi connectivity index (χ1n) is 12.8. The highest BCUT2D eigenvalue weighted by Crippen LogP contribution is 2.31. The molecule has 3 aromatic carbocycles. The van der Waals surface area contributed by atoms with E-state index in [0.717, 1.165) is 31.2 Å². The Morgan fingerprint density at radius 2 is 1.69 bits per heavy atom. The summed E-state index contributed by atoms with van der Waals surface area (Å²) in [6.45, 7) is -0.122. The molecule has 3 aromatic rings. The van der Waals surface area contributed by atoms with Crippen molar-refractivity contribution in [1.29, 1.82) is 0 Å². The number of benzodiazepines with no additional fused rings is 1. The molecule has 5 rings (SSSR count). The Morgan fingerprint density at radius 1 is 0.974 bits per heavy atom. The maximum atomic E-state index is 13.9. The van der Waals surface area contributed by atoms with E-state index in [1.54, 1.807) is 12.1 Å². The molecule has 10 heteroatoms. The first-order valence-corrected chi connectivity index (χ1v) is 12.8. The van der Waals surface area contributed by atoms with Crippen LogP contribution in [0.15, 0.2) is 83.9 Å². The van der Waals surface area contributed by atoms with E-state index in [0.29, 0.717) is 17.0 Å². The summed E-state index contributed by atoms with van der Waals surface area (Å²) in [7, 11) is 0. The van der Waals surface area contributed by atoms with Crippen molar-refractivity contribution in [3.63, 3.8) is 0 Å². The van der Waals surface area contributed by atoms with E-state index in [1.165, 1.54) is 29.2 Å². The fourth-order valence-electron chi connectivity index (χ4n) is 5.03. The van der Waals surface area contributed by atoms with Gasteiger partial charge in [0.25, 0.3) is 11.6 Å². The predicted octanol–water partition coefficient (Wildman–Crippen LogP) is 4.69. The van der Waals surface area contributed by atoms with Crippen molar-refractivity contribution in [3.05, 3.63) is 100 Å². The van der Waals surface area contributed by atoms with Gasteiger partial charge in [0.2, 0.25) is 6.17 Å². The molecule has 39 heavy (non-hydrogen) atoms. The van der Waals surface area contributed by atoms with Crippen LogP contribution in [0.25, 0.3) is 0 Å². The van der Waals surface area contributed by atoms with Crippen LogP contribution in [0.5, 0.6) is 0 Å². The summed E-state index contributed by atoms with van der Waals surface area (Å²) < 4.78 is 0. The summed E-state index contributed by atoms with van der Waals surface area (Å²) >= 11 is 0. The van der Waals surface area contributed by atoms with Gasteiger partial charge in [-0.05, 0) is 25.0 Å². The van der Waals surface area contributed by atoms with Crippen molar-refractivity contribution in [3.8, 4) is 0 Å².